The molecule has 1 aliphatic heterocycles. The van der Waals surface area contributed by atoms with Crippen LogP contribution < -0.4 is 0 Å². The number of ether oxygens (including phenoxy) is 1. The Bertz CT molecular complexity index is 723. The van der Waals surface area contributed by atoms with E-state index in [0.29, 0.717) is 5.56 Å². The molecule has 0 aliphatic carbocycles. The first kappa shape index (κ1) is 18.1. The number of carbonyl (C=O) groups is 1. The van der Waals surface area contributed by atoms with Gasteiger partial charge in [0, 0.05) is 19.6 Å². The van der Waals surface area contributed by atoms with Crippen LogP contribution in [0.2, 0.25) is 0 Å². The van der Waals surface area contributed by atoms with Gasteiger partial charge in [-0.1, -0.05) is 35.6 Å². The van der Waals surface area contributed by atoms with Crippen molar-refractivity contribution in [1.29, 1.82) is 0 Å². The number of hydrogen-bond donors (Lipinski definition) is 0. The van der Waals surface area contributed by atoms with E-state index < -0.39 is 0 Å². The largest absolute Gasteiger partial charge is 0.465 e. The molecule has 0 N–H and O–H groups in total. The van der Waals surface area contributed by atoms with Crippen LogP contribution in [0.25, 0.3) is 0 Å². The van der Waals surface area contributed by atoms with Gasteiger partial charge in [-0.2, -0.15) is 0 Å². The zero-order chi connectivity index (χ0) is 18.2. The highest BCUT2D eigenvalue weighted by Crippen LogP contribution is 2.15. The summed E-state index contributed by atoms with van der Waals surface area (Å²) in [4.78, 5) is 13.9. The summed E-state index contributed by atoms with van der Waals surface area (Å²) < 4.78 is 4.68. The predicted molar refractivity (Wildman–Crippen MR) is 100 cm³/mol. The fourth-order valence-electron chi connectivity index (χ4n) is 2.88. The van der Waals surface area contributed by atoms with Gasteiger partial charge in [-0.05, 0) is 36.2 Å². The smallest absolute Gasteiger partial charge is 0.337 e. The SMILES string of the molecule is COC(=O)c1ccc(/N=N/N2CCN(CCc3ccccc3)CC2)cc1. The van der Waals surface area contributed by atoms with Crippen molar-refractivity contribution in [3.63, 3.8) is 0 Å². The van der Waals surface area contributed by atoms with E-state index >= 15 is 0 Å². The Hall–Kier alpha value is -2.73. The highest BCUT2D eigenvalue weighted by molar-refractivity contribution is 5.89. The van der Waals surface area contributed by atoms with Gasteiger partial charge in [-0.15, -0.1) is 5.11 Å². The summed E-state index contributed by atoms with van der Waals surface area (Å²) in [6.45, 7) is 4.81. The maximum absolute atomic E-state index is 11.4. The Balaban J connectivity index is 1.43. The van der Waals surface area contributed by atoms with Gasteiger partial charge in [0.25, 0.3) is 0 Å². The van der Waals surface area contributed by atoms with Crippen LogP contribution in [0.15, 0.2) is 64.9 Å². The molecule has 3 rings (SSSR count). The van der Waals surface area contributed by atoms with E-state index in [-0.39, 0.29) is 5.97 Å². The Morgan fingerprint density at radius 1 is 1.00 bits per heavy atom. The Labute approximate surface area is 154 Å². The van der Waals surface area contributed by atoms with Crippen LogP contribution in [0.5, 0.6) is 0 Å². The van der Waals surface area contributed by atoms with Crippen molar-refractivity contribution in [2.45, 2.75) is 6.42 Å². The molecule has 1 heterocycles. The van der Waals surface area contributed by atoms with Crippen molar-refractivity contribution in [2.75, 3.05) is 39.8 Å². The lowest BCUT2D eigenvalue weighted by atomic mass is 10.1. The molecule has 0 saturated carbocycles. The molecule has 0 bridgehead atoms. The third kappa shape index (κ3) is 5.13. The van der Waals surface area contributed by atoms with Gasteiger partial charge >= 0.3 is 5.97 Å². The minimum absolute atomic E-state index is 0.347. The zero-order valence-electron chi connectivity index (χ0n) is 15.0. The van der Waals surface area contributed by atoms with Crippen LogP contribution in [0.3, 0.4) is 0 Å². The molecule has 0 atom stereocenters. The topological polar surface area (TPSA) is 57.5 Å². The summed E-state index contributed by atoms with van der Waals surface area (Å²) in [5.74, 6) is -0.347. The second-order valence-corrected chi connectivity index (χ2v) is 6.26. The Morgan fingerprint density at radius 3 is 2.35 bits per heavy atom. The number of methoxy groups -OCH3 is 1. The number of benzene rings is 2. The van der Waals surface area contributed by atoms with E-state index in [1.807, 2.05) is 5.01 Å². The highest BCUT2D eigenvalue weighted by Gasteiger charge is 2.15. The third-order valence-corrected chi connectivity index (χ3v) is 4.48. The first-order chi connectivity index (χ1) is 12.7. The van der Waals surface area contributed by atoms with Crippen molar-refractivity contribution in [1.82, 2.24) is 9.91 Å². The molecule has 6 nitrogen and oxygen atoms in total. The third-order valence-electron chi connectivity index (χ3n) is 4.48. The molecule has 26 heavy (non-hydrogen) atoms. The van der Waals surface area contributed by atoms with Gasteiger partial charge in [-0.25, -0.2) is 4.79 Å². The number of carbonyl (C=O) groups excluding carboxylic acids is 1. The maximum Gasteiger partial charge on any atom is 0.337 e. The van der Waals surface area contributed by atoms with Gasteiger partial charge in [0.05, 0.1) is 31.5 Å². The molecular weight excluding hydrogens is 328 g/mol. The summed E-state index contributed by atoms with van der Waals surface area (Å²) in [6.07, 6.45) is 1.08. The molecular formula is C20H24N4O2. The molecule has 0 radical (unpaired) electrons. The lowest BCUT2D eigenvalue weighted by Gasteiger charge is -2.32. The molecule has 1 saturated heterocycles. The van der Waals surface area contributed by atoms with E-state index in [4.69, 9.17) is 0 Å². The fraction of sp³-hybridized carbons (Fsp3) is 0.350. The predicted octanol–water partition coefficient (Wildman–Crippen LogP) is 3.33. The average Bonchev–Trinajstić information content (AvgIpc) is 2.72. The van der Waals surface area contributed by atoms with Gasteiger partial charge < -0.3 is 4.74 Å². The van der Waals surface area contributed by atoms with Crippen LogP contribution in [0.4, 0.5) is 5.69 Å². The summed E-state index contributed by atoms with van der Waals surface area (Å²) in [5, 5.41) is 10.6. The van der Waals surface area contributed by atoms with Crippen molar-refractivity contribution < 1.29 is 9.53 Å². The van der Waals surface area contributed by atoms with Crippen LogP contribution in [-0.2, 0) is 11.2 Å². The number of esters is 1. The van der Waals surface area contributed by atoms with Crippen LogP contribution >= 0.6 is 0 Å². The summed E-state index contributed by atoms with van der Waals surface area (Å²) >= 11 is 0. The van der Waals surface area contributed by atoms with Gasteiger partial charge in [0.1, 0.15) is 0 Å². The summed E-state index contributed by atoms with van der Waals surface area (Å²) in [5.41, 5.74) is 2.62. The number of nitrogens with zero attached hydrogens (tertiary/aromatic N) is 4. The second-order valence-electron chi connectivity index (χ2n) is 6.26. The van der Waals surface area contributed by atoms with E-state index in [1.165, 1.54) is 12.7 Å². The zero-order valence-corrected chi connectivity index (χ0v) is 15.0. The van der Waals surface area contributed by atoms with E-state index in [0.717, 1.165) is 44.8 Å². The standard InChI is InChI=1S/C20H24N4O2/c1-26-20(25)18-7-9-19(10-8-18)21-22-24-15-13-23(14-16-24)12-11-17-5-3-2-4-6-17/h2-10H,11-16H2,1H3/b22-21+. The van der Waals surface area contributed by atoms with Gasteiger partial charge in [0.15, 0.2) is 0 Å². The maximum atomic E-state index is 11.4. The molecule has 0 amide bonds. The Morgan fingerprint density at radius 2 is 1.69 bits per heavy atom. The molecule has 6 heteroatoms. The molecule has 1 aliphatic rings. The van der Waals surface area contributed by atoms with Crippen molar-refractivity contribution >= 4 is 11.7 Å². The van der Waals surface area contributed by atoms with Crippen molar-refractivity contribution in [3.8, 4) is 0 Å². The van der Waals surface area contributed by atoms with Crippen molar-refractivity contribution in [3.05, 3.63) is 65.7 Å². The number of piperazine rings is 1. The van der Waals surface area contributed by atoms with Crippen LogP contribution in [0, 0.1) is 0 Å². The fourth-order valence-corrected chi connectivity index (χ4v) is 2.88. The quantitative estimate of drug-likeness (QED) is 0.591. The van der Waals surface area contributed by atoms with E-state index in [1.54, 1.807) is 24.3 Å². The normalized spacial score (nSPS) is 15.3. The van der Waals surface area contributed by atoms with Gasteiger partial charge in [-0.3, -0.25) is 9.91 Å². The van der Waals surface area contributed by atoms with Crippen LogP contribution in [-0.4, -0.2) is 55.7 Å². The molecule has 136 valence electrons. The molecule has 0 spiro atoms. The monoisotopic (exact) mass is 352 g/mol. The molecule has 1 fully saturated rings. The van der Waals surface area contributed by atoms with Crippen LogP contribution in [0.1, 0.15) is 15.9 Å². The summed E-state index contributed by atoms with van der Waals surface area (Å²) in [6, 6.07) is 17.5. The van der Waals surface area contributed by atoms with Crippen molar-refractivity contribution in [2.24, 2.45) is 10.3 Å². The Kier molecular flexibility index (Phi) is 6.33. The minimum atomic E-state index is -0.347. The second kappa shape index (κ2) is 9.10. The first-order valence-electron chi connectivity index (χ1n) is 8.86. The summed E-state index contributed by atoms with van der Waals surface area (Å²) in [7, 11) is 1.37. The number of rotatable bonds is 6. The highest BCUT2D eigenvalue weighted by atomic mass is 16.5. The molecule has 2 aromatic carbocycles. The first-order valence-corrected chi connectivity index (χ1v) is 8.86. The molecule has 2 aromatic rings. The lowest BCUT2D eigenvalue weighted by Crippen LogP contribution is -2.44. The van der Waals surface area contributed by atoms with Gasteiger partial charge in [0.2, 0.25) is 0 Å². The average molecular weight is 352 g/mol. The molecule has 0 aromatic heterocycles. The molecule has 0 unspecified atom stereocenters. The number of hydrogen-bond acceptors (Lipinski definition) is 5. The minimum Gasteiger partial charge on any atom is -0.465 e. The van der Waals surface area contributed by atoms with E-state index in [2.05, 4.69) is 50.3 Å². The van der Waals surface area contributed by atoms with E-state index in [9.17, 15) is 4.79 Å². The lowest BCUT2D eigenvalue weighted by molar-refractivity contribution is 0.0601.